The second kappa shape index (κ2) is 6.39. The van der Waals surface area contributed by atoms with Crippen molar-refractivity contribution in [3.05, 3.63) is 16.3 Å². The number of hydrogen-bond donors (Lipinski definition) is 1. The van der Waals surface area contributed by atoms with Crippen LogP contribution in [0.4, 0.5) is 5.69 Å². The Morgan fingerprint density at radius 1 is 1.47 bits per heavy atom. The standard InChI is InChI=1S/C12H17NO3S/c1-8(2)4-5-10(14)13-9-6-7-17-11(9)12(15)16-3/h6-8H,4-5H2,1-3H3,(H,13,14). The first-order valence-corrected chi connectivity index (χ1v) is 6.38. The summed E-state index contributed by atoms with van der Waals surface area (Å²) in [5.74, 6) is 0.00437. The highest BCUT2D eigenvalue weighted by Gasteiger charge is 2.15. The maximum absolute atomic E-state index is 11.6. The van der Waals surface area contributed by atoms with E-state index in [0.717, 1.165) is 6.42 Å². The van der Waals surface area contributed by atoms with Crippen molar-refractivity contribution in [1.82, 2.24) is 0 Å². The van der Waals surface area contributed by atoms with Gasteiger partial charge in [0.25, 0.3) is 0 Å². The largest absolute Gasteiger partial charge is 0.465 e. The quantitative estimate of drug-likeness (QED) is 0.823. The lowest BCUT2D eigenvalue weighted by Crippen LogP contribution is -2.14. The predicted octanol–water partition coefficient (Wildman–Crippen LogP) is 2.91. The molecule has 1 amide bonds. The van der Waals surface area contributed by atoms with E-state index >= 15 is 0 Å². The summed E-state index contributed by atoms with van der Waals surface area (Å²) in [6.07, 6.45) is 1.30. The van der Waals surface area contributed by atoms with Crippen LogP contribution in [0.3, 0.4) is 0 Å². The molecule has 0 aliphatic carbocycles. The van der Waals surface area contributed by atoms with Gasteiger partial charge < -0.3 is 10.1 Å². The molecule has 0 saturated carbocycles. The first-order valence-electron chi connectivity index (χ1n) is 5.50. The van der Waals surface area contributed by atoms with Gasteiger partial charge >= 0.3 is 5.97 Å². The van der Waals surface area contributed by atoms with Crippen molar-refractivity contribution in [3.8, 4) is 0 Å². The second-order valence-electron chi connectivity index (χ2n) is 4.14. The average Bonchev–Trinajstić information content (AvgIpc) is 2.73. The van der Waals surface area contributed by atoms with Crippen LogP contribution in [0.2, 0.25) is 0 Å². The number of esters is 1. The normalized spacial score (nSPS) is 10.4. The molecule has 0 fully saturated rings. The number of amides is 1. The summed E-state index contributed by atoms with van der Waals surface area (Å²) in [7, 11) is 1.33. The molecule has 4 nitrogen and oxygen atoms in total. The third kappa shape index (κ3) is 4.19. The fraction of sp³-hybridized carbons (Fsp3) is 0.500. The first kappa shape index (κ1) is 13.7. The molecule has 0 saturated heterocycles. The maximum Gasteiger partial charge on any atom is 0.350 e. The minimum Gasteiger partial charge on any atom is -0.465 e. The molecule has 1 aromatic rings. The number of ether oxygens (including phenoxy) is 1. The van der Waals surface area contributed by atoms with Gasteiger partial charge in [-0.05, 0) is 23.8 Å². The number of carbonyl (C=O) groups excluding carboxylic acids is 2. The highest BCUT2D eigenvalue weighted by atomic mass is 32.1. The van der Waals surface area contributed by atoms with Crippen molar-refractivity contribution in [2.75, 3.05) is 12.4 Å². The van der Waals surface area contributed by atoms with Crippen LogP contribution in [0.25, 0.3) is 0 Å². The Bertz CT molecular complexity index is 398. The van der Waals surface area contributed by atoms with Crippen molar-refractivity contribution in [2.24, 2.45) is 5.92 Å². The molecule has 0 unspecified atom stereocenters. The van der Waals surface area contributed by atoms with Crippen LogP contribution in [0.15, 0.2) is 11.4 Å². The summed E-state index contributed by atoms with van der Waals surface area (Å²) in [6, 6.07) is 1.71. The zero-order valence-electron chi connectivity index (χ0n) is 10.3. The van der Waals surface area contributed by atoms with E-state index < -0.39 is 5.97 Å². The Morgan fingerprint density at radius 2 is 2.18 bits per heavy atom. The van der Waals surface area contributed by atoms with Crippen LogP contribution < -0.4 is 5.32 Å². The Kier molecular flexibility index (Phi) is 5.15. The number of thiophene rings is 1. The average molecular weight is 255 g/mol. The second-order valence-corrected chi connectivity index (χ2v) is 5.05. The monoisotopic (exact) mass is 255 g/mol. The lowest BCUT2D eigenvalue weighted by atomic mass is 10.1. The van der Waals surface area contributed by atoms with Crippen LogP contribution in [0.5, 0.6) is 0 Å². The van der Waals surface area contributed by atoms with Crippen molar-refractivity contribution in [3.63, 3.8) is 0 Å². The minimum atomic E-state index is -0.417. The van der Waals surface area contributed by atoms with E-state index in [-0.39, 0.29) is 5.91 Å². The van der Waals surface area contributed by atoms with E-state index in [1.807, 2.05) is 0 Å². The minimum absolute atomic E-state index is 0.0674. The number of methoxy groups -OCH3 is 1. The molecule has 1 rings (SSSR count). The first-order chi connectivity index (χ1) is 8.04. The van der Waals surface area contributed by atoms with Crippen LogP contribution in [-0.4, -0.2) is 19.0 Å². The van der Waals surface area contributed by atoms with Gasteiger partial charge in [-0.15, -0.1) is 11.3 Å². The molecule has 0 bridgehead atoms. The van der Waals surface area contributed by atoms with Crippen LogP contribution in [0, 0.1) is 5.92 Å². The summed E-state index contributed by atoms with van der Waals surface area (Å²) < 4.78 is 4.64. The molecule has 0 spiro atoms. The van der Waals surface area contributed by atoms with Gasteiger partial charge in [0.05, 0.1) is 12.8 Å². The molecule has 0 atom stereocenters. The zero-order valence-corrected chi connectivity index (χ0v) is 11.1. The third-order valence-electron chi connectivity index (χ3n) is 2.26. The molecule has 1 aromatic heterocycles. The van der Waals surface area contributed by atoms with Gasteiger partial charge in [-0.3, -0.25) is 4.79 Å². The highest BCUT2D eigenvalue weighted by molar-refractivity contribution is 7.12. The van der Waals surface area contributed by atoms with Gasteiger partial charge in [0, 0.05) is 6.42 Å². The molecule has 0 aliphatic heterocycles. The fourth-order valence-corrected chi connectivity index (χ4v) is 2.06. The topological polar surface area (TPSA) is 55.4 Å². The lowest BCUT2D eigenvalue weighted by Gasteiger charge is -2.06. The summed E-state index contributed by atoms with van der Waals surface area (Å²) in [5, 5.41) is 4.49. The number of rotatable bonds is 5. The summed E-state index contributed by atoms with van der Waals surface area (Å²) >= 11 is 1.26. The van der Waals surface area contributed by atoms with E-state index in [2.05, 4.69) is 23.9 Å². The van der Waals surface area contributed by atoms with E-state index in [9.17, 15) is 9.59 Å². The van der Waals surface area contributed by atoms with Crippen LogP contribution in [0.1, 0.15) is 36.4 Å². The van der Waals surface area contributed by atoms with Crippen LogP contribution in [-0.2, 0) is 9.53 Å². The predicted molar refractivity (Wildman–Crippen MR) is 68.4 cm³/mol. The SMILES string of the molecule is COC(=O)c1sccc1NC(=O)CCC(C)C. The molecular weight excluding hydrogens is 238 g/mol. The number of hydrogen-bond acceptors (Lipinski definition) is 4. The van der Waals surface area contributed by atoms with Gasteiger partial charge in [0.1, 0.15) is 4.88 Å². The third-order valence-corrected chi connectivity index (χ3v) is 3.15. The van der Waals surface area contributed by atoms with Crippen LogP contribution >= 0.6 is 11.3 Å². The Labute approximate surface area is 105 Å². The molecule has 0 aromatic carbocycles. The van der Waals surface area contributed by atoms with E-state index in [1.54, 1.807) is 11.4 Å². The lowest BCUT2D eigenvalue weighted by molar-refractivity contribution is -0.116. The summed E-state index contributed by atoms with van der Waals surface area (Å²) in [5.41, 5.74) is 0.538. The Balaban J connectivity index is 2.59. The molecule has 17 heavy (non-hydrogen) atoms. The van der Waals surface area contributed by atoms with Crippen molar-refractivity contribution < 1.29 is 14.3 Å². The summed E-state index contributed by atoms with van der Waals surface area (Å²) in [4.78, 5) is 23.4. The van der Waals surface area contributed by atoms with Gasteiger partial charge in [-0.25, -0.2) is 4.79 Å². The molecule has 1 heterocycles. The Morgan fingerprint density at radius 3 is 2.76 bits per heavy atom. The van der Waals surface area contributed by atoms with Gasteiger partial charge in [-0.1, -0.05) is 13.8 Å². The molecule has 1 N–H and O–H groups in total. The molecular formula is C12H17NO3S. The van der Waals surface area contributed by atoms with Gasteiger partial charge in [-0.2, -0.15) is 0 Å². The molecule has 5 heteroatoms. The van der Waals surface area contributed by atoms with Gasteiger partial charge in [0.2, 0.25) is 5.91 Å². The zero-order chi connectivity index (χ0) is 12.8. The summed E-state index contributed by atoms with van der Waals surface area (Å²) in [6.45, 7) is 4.13. The van der Waals surface area contributed by atoms with Crippen molar-refractivity contribution in [1.29, 1.82) is 0 Å². The fourth-order valence-electron chi connectivity index (χ4n) is 1.29. The van der Waals surface area contributed by atoms with Crippen molar-refractivity contribution >= 4 is 28.9 Å². The van der Waals surface area contributed by atoms with E-state index in [4.69, 9.17) is 0 Å². The molecule has 0 radical (unpaired) electrons. The van der Waals surface area contributed by atoms with E-state index in [1.165, 1.54) is 18.4 Å². The number of nitrogens with one attached hydrogen (secondary N) is 1. The Hall–Kier alpha value is -1.36. The number of carbonyl (C=O) groups is 2. The maximum atomic E-state index is 11.6. The molecule has 0 aliphatic rings. The smallest absolute Gasteiger partial charge is 0.350 e. The van der Waals surface area contributed by atoms with Crippen molar-refractivity contribution in [2.45, 2.75) is 26.7 Å². The number of anilines is 1. The van der Waals surface area contributed by atoms with Gasteiger partial charge in [0.15, 0.2) is 0 Å². The molecule has 94 valence electrons. The van der Waals surface area contributed by atoms with E-state index in [0.29, 0.717) is 22.9 Å². The highest BCUT2D eigenvalue weighted by Crippen LogP contribution is 2.23.